The van der Waals surface area contributed by atoms with Gasteiger partial charge in [0.1, 0.15) is 6.07 Å². The summed E-state index contributed by atoms with van der Waals surface area (Å²) in [5.74, 6) is 0.0198. The van der Waals surface area contributed by atoms with E-state index in [0.717, 1.165) is 66.7 Å². The van der Waals surface area contributed by atoms with Crippen molar-refractivity contribution in [2.45, 2.75) is 56.4 Å². The number of Topliss-reactive ketones (excluding diaryl/α,β-unsaturated/α-hetero) is 1. The number of ketones is 1. The van der Waals surface area contributed by atoms with E-state index < -0.39 is 0 Å². The lowest BCUT2D eigenvalue weighted by molar-refractivity contribution is 0.0603. The Balaban J connectivity index is 1.30. The molecule has 0 N–H and O–H groups in total. The van der Waals surface area contributed by atoms with Crippen LogP contribution in [0, 0.1) is 22.7 Å². The minimum absolute atomic E-state index is 0.0198. The highest BCUT2D eigenvalue weighted by molar-refractivity contribution is 6.33. The summed E-state index contributed by atoms with van der Waals surface area (Å²) in [6.07, 6.45) is 7.20. The number of nitriles is 2. The van der Waals surface area contributed by atoms with Crippen LogP contribution in [0.3, 0.4) is 0 Å². The fraction of sp³-hybridized carbons (Fsp3) is 0.469. The van der Waals surface area contributed by atoms with Crippen LogP contribution in [0.5, 0.6) is 0 Å². The maximum absolute atomic E-state index is 14.1. The molecule has 7 rings (SSSR count). The molecule has 192 valence electrons. The van der Waals surface area contributed by atoms with E-state index in [1.54, 1.807) is 0 Å². The standard InChI is InChI=1S/C32H32N4O2/c33-19-21-3-4-25-22(15-21)17-28-30(25)31(37)26-16-23(20-34)29(18-27(26)32(28)7-13-38-14-8-32)36-11-5-24(6-12-36)35-9-1-2-10-35/h3-4,15-16,18,24H,1-2,5-14,17H2. The summed E-state index contributed by atoms with van der Waals surface area (Å²) in [7, 11) is 0. The van der Waals surface area contributed by atoms with Crippen molar-refractivity contribution >= 4 is 17.0 Å². The number of anilines is 1. The molecule has 0 aromatic heterocycles. The molecule has 3 fully saturated rings. The monoisotopic (exact) mass is 504 g/mol. The predicted molar refractivity (Wildman–Crippen MR) is 145 cm³/mol. The molecular weight excluding hydrogens is 472 g/mol. The zero-order valence-electron chi connectivity index (χ0n) is 21.8. The summed E-state index contributed by atoms with van der Waals surface area (Å²) < 4.78 is 5.83. The Hall–Kier alpha value is -3.45. The average molecular weight is 505 g/mol. The molecule has 3 heterocycles. The molecule has 0 atom stereocenters. The normalized spacial score (nSPS) is 22.7. The molecule has 2 aliphatic carbocycles. The van der Waals surface area contributed by atoms with Crippen molar-refractivity contribution in [3.05, 3.63) is 69.3 Å². The number of piperidine rings is 1. The van der Waals surface area contributed by atoms with Crippen LogP contribution in [0.25, 0.3) is 5.57 Å². The van der Waals surface area contributed by atoms with Crippen LogP contribution in [0.2, 0.25) is 0 Å². The number of ether oxygens (including phenoxy) is 1. The summed E-state index contributed by atoms with van der Waals surface area (Å²) in [4.78, 5) is 19.1. The third-order valence-electron chi connectivity index (χ3n) is 9.80. The van der Waals surface area contributed by atoms with Gasteiger partial charge >= 0.3 is 0 Å². The SMILES string of the molecule is N#Cc1ccc2c(c1)CC1=C2C(=O)c2cc(C#N)c(N3CCC(N4CCCC4)CC3)cc2C12CCOCC2. The van der Waals surface area contributed by atoms with Crippen molar-refractivity contribution in [1.29, 1.82) is 10.5 Å². The first kappa shape index (κ1) is 23.7. The molecule has 5 aliphatic rings. The van der Waals surface area contributed by atoms with Gasteiger partial charge in [-0.05, 0) is 105 Å². The Morgan fingerprint density at radius 3 is 2.39 bits per heavy atom. The van der Waals surface area contributed by atoms with E-state index >= 15 is 0 Å². The highest BCUT2D eigenvalue weighted by Crippen LogP contribution is 2.55. The zero-order valence-corrected chi connectivity index (χ0v) is 21.8. The van der Waals surface area contributed by atoms with Gasteiger partial charge in [0, 0.05) is 48.9 Å². The van der Waals surface area contributed by atoms with Crippen LogP contribution in [0.15, 0.2) is 35.9 Å². The predicted octanol–water partition coefficient (Wildman–Crippen LogP) is 4.75. The Bertz CT molecular complexity index is 1440. The second kappa shape index (κ2) is 9.09. The van der Waals surface area contributed by atoms with Gasteiger partial charge in [0.05, 0.1) is 22.9 Å². The Morgan fingerprint density at radius 1 is 0.921 bits per heavy atom. The summed E-state index contributed by atoms with van der Waals surface area (Å²) in [6, 6.07) is 15.1. The van der Waals surface area contributed by atoms with Crippen LogP contribution in [0.4, 0.5) is 5.69 Å². The van der Waals surface area contributed by atoms with Crippen molar-refractivity contribution in [2.75, 3.05) is 44.3 Å². The van der Waals surface area contributed by atoms with E-state index in [9.17, 15) is 15.3 Å². The highest BCUT2D eigenvalue weighted by atomic mass is 16.5. The Kier molecular flexibility index (Phi) is 5.65. The number of nitrogens with zero attached hydrogens (tertiary/aromatic N) is 4. The van der Waals surface area contributed by atoms with E-state index in [0.29, 0.717) is 42.4 Å². The first-order valence-electron chi connectivity index (χ1n) is 14.1. The van der Waals surface area contributed by atoms with Crippen molar-refractivity contribution < 1.29 is 9.53 Å². The van der Waals surface area contributed by atoms with Crippen LogP contribution in [-0.2, 0) is 16.6 Å². The number of fused-ring (bicyclic) bond motifs is 5. The van der Waals surface area contributed by atoms with Gasteiger partial charge in [0.15, 0.2) is 5.78 Å². The fourth-order valence-corrected chi connectivity index (χ4v) is 7.85. The summed E-state index contributed by atoms with van der Waals surface area (Å²) in [6.45, 7) is 5.62. The first-order valence-corrected chi connectivity index (χ1v) is 14.1. The maximum atomic E-state index is 14.1. The van der Waals surface area contributed by atoms with Gasteiger partial charge in [-0.3, -0.25) is 4.79 Å². The number of benzene rings is 2. The molecule has 1 spiro atoms. The minimum Gasteiger partial charge on any atom is -0.381 e. The molecule has 3 saturated heterocycles. The molecule has 2 aromatic rings. The van der Waals surface area contributed by atoms with E-state index in [2.05, 4.69) is 28.0 Å². The van der Waals surface area contributed by atoms with Crippen LogP contribution >= 0.6 is 0 Å². The van der Waals surface area contributed by atoms with Gasteiger partial charge in [-0.15, -0.1) is 0 Å². The van der Waals surface area contributed by atoms with Gasteiger partial charge in [-0.25, -0.2) is 0 Å². The molecule has 0 saturated carbocycles. The number of allylic oxidation sites excluding steroid dienone is 2. The lowest BCUT2D eigenvalue weighted by Crippen LogP contribution is -2.44. The second-order valence-corrected chi connectivity index (χ2v) is 11.5. The molecule has 6 heteroatoms. The number of rotatable bonds is 2. The third kappa shape index (κ3) is 3.48. The lowest BCUT2D eigenvalue weighted by Gasteiger charge is -2.44. The smallest absolute Gasteiger partial charge is 0.193 e. The summed E-state index contributed by atoms with van der Waals surface area (Å²) >= 11 is 0. The molecule has 0 amide bonds. The highest BCUT2D eigenvalue weighted by Gasteiger charge is 2.49. The molecule has 0 bridgehead atoms. The van der Waals surface area contributed by atoms with Gasteiger partial charge in [-0.2, -0.15) is 10.5 Å². The fourth-order valence-electron chi connectivity index (χ4n) is 7.85. The topological polar surface area (TPSA) is 80.4 Å². The van der Waals surface area contributed by atoms with Crippen molar-refractivity contribution in [3.8, 4) is 12.1 Å². The lowest BCUT2D eigenvalue weighted by atomic mass is 9.62. The number of hydrogen-bond donors (Lipinski definition) is 0. The Morgan fingerprint density at radius 2 is 1.68 bits per heavy atom. The molecule has 6 nitrogen and oxygen atoms in total. The molecule has 0 unspecified atom stereocenters. The number of hydrogen-bond acceptors (Lipinski definition) is 6. The molecule has 2 aromatic carbocycles. The van der Waals surface area contributed by atoms with Crippen LogP contribution in [0.1, 0.15) is 76.7 Å². The molecule has 3 aliphatic heterocycles. The minimum atomic E-state index is -0.279. The van der Waals surface area contributed by atoms with Gasteiger partial charge in [0.25, 0.3) is 0 Å². The van der Waals surface area contributed by atoms with E-state index in [1.807, 2.05) is 24.3 Å². The largest absolute Gasteiger partial charge is 0.381 e. The number of carbonyl (C=O) groups is 1. The number of likely N-dealkylation sites (tertiary alicyclic amines) is 1. The van der Waals surface area contributed by atoms with Crippen molar-refractivity contribution in [3.63, 3.8) is 0 Å². The maximum Gasteiger partial charge on any atom is 0.193 e. The quantitative estimate of drug-likeness (QED) is 0.587. The second-order valence-electron chi connectivity index (χ2n) is 11.5. The van der Waals surface area contributed by atoms with Gasteiger partial charge in [-0.1, -0.05) is 6.07 Å². The van der Waals surface area contributed by atoms with E-state index in [-0.39, 0.29) is 11.2 Å². The summed E-state index contributed by atoms with van der Waals surface area (Å²) in [5, 5.41) is 19.7. The van der Waals surface area contributed by atoms with Gasteiger partial charge in [0.2, 0.25) is 0 Å². The van der Waals surface area contributed by atoms with Gasteiger partial charge < -0.3 is 14.5 Å². The molecular formula is C32H32N4O2. The average Bonchev–Trinajstić information content (AvgIpc) is 3.65. The van der Waals surface area contributed by atoms with E-state index in [1.165, 1.54) is 31.5 Å². The molecule has 38 heavy (non-hydrogen) atoms. The first-order chi connectivity index (χ1) is 18.6. The van der Waals surface area contributed by atoms with E-state index in [4.69, 9.17) is 4.74 Å². The van der Waals surface area contributed by atoms with Crippen LogP contribution in [-0.4, -0.2) is 56.1 Å². The van der Waals surface area contributed by atoms with Crippen LogP contribution < -0.4 is 4.90 Å². The summed E-state index contributed by atoms with van der Waals surface area (Å²) in [5.41, 5.74) is 7.67. The Labute approximate surface area is 224 Å². The van der Waals surface area contributed by atoms with Crippen molar-refractivity contribution in [1.82, 2.24) is 4.90 Å². The van der Waals surface area contributed by atoms with Crippen molar-refractivity contribution in [2.24, 2.45) is 0 Å². The number of carbonyl (C=O) groups excluding carboxylic acids is 1. The zero-order chi connectivity index (χ0) is 25.9. The molecule has 0 radical (unpaired) electrons. The third-order valence-corrected chi connectivity index (χ3v) is 9.80.